The summed E-state index contributed by atoms with van der Waals surface area (Å²) in [5.41, 5.74) is 5.06. The number of halogens is 1. The minimum Gasteiger partial charge on any atom is -0.367 e. The van der Waals surface area contributed by atoms with Crippen LogP contribution in [0, 0.1) is 5.82 Å². The molecular weight excluding hydrogens is 407 g/mol. The molecule has 5 heterocycles. The molecule has 1 aliphatic rings. The Balaban J connectivity index is 1.47. The van der Waals surface area contributed by atoms with Gasteiger partial charge in [0, 0.05) is 55.7 Å². The first-order valence-corrected chi connectivity index (χ1v) is 10.5. The average molecular weight is 428 g/mol. The number of fused-ring (bicyclic) bond motifs is 2. The number of anilines is 1. The van der Waals surface area contributed by atoms with E-state index in [4.69, 9.17) is 4.98 Å². The maximum Gasteiger partial charge on any atom is 0.180 e. The quantitative estimate of drug-likeness (QED) is 0.458. The number of aromatic nitrogens is 6. The Kier molecular flexibility index (Phi) is 4.36. The molecule has 0 spiro atoms. The molecule has 1 aliphatic heterocycles. The van der Waals surface area contributed by atoms with Gasteiger partial charge >= 0.3 is 0 Å². The molecule has 8 nitrogen and oxygen atoms in total. The van der Waals surface area contributed by atoms with E-state index in [2.05, 4.69) is 42.0 Å². The van der Waals surface area contributed by atoms with E-state index >= 15 is 0 Å². The first-order chi connectivity index (χ1) is 15.7. The van der Waals surface area contributed by atoms with Gasteiger partial charge in [-0.05, 0) is 36.9 Å². The van der Waals surface area contributed by atoms with Gasteiger partial charge in [0.1, 0.15) is 16.7 Å². The highest BCUT2D eigenvalue weighted by Gasteiger charge is 2.21. The van der Waals surface area contributed by atoms with Gasteiger partial charge in [-0.1, -0.05) is 6.07 Å². The second-order valence-corrected chi connectivity index (χ2v) is 8.10. The number of imidazole rings is 1. The van der Waals surface area contributed by atoms with Crippen molar-refractivity contribution < 1.29 is 4.39 Å². The summed E-state index contributed by atoms with van der Waals surface area (Å²) in [5.74, 6) is 0.190. The molecule has 0 bridgehead atoms. The molecule has 0 saturated carbocycles. The van der Waals surface area contributed by atoms with Crippen LogP contribution in [0.3, 0.4) is 0 Å². The molecule has 1 fully saturated rings. The summed E-state index contributed by atoms with van der Waals surface area (Å²) in [6, 6.07) is 9.14. The highest BCUT2D eigenvalue weighted by Crippen LogP contribution is 2.33. The van der Waals surface area contributed by atoms with Crippen LogP contribution in [0.25, 0.3) is 44.7 Å². The number of aromatic amines is 2. The molecule has 0 atom stereocenters. The van der Waals surface area contributed by atoms with E-state index in [0.29, 0.717) is 22.6 Å². The molecule has 0 radical (unpaired) electrons. The number of pyridine rings is 2. The van der Waals surface area contributed by atoms with Gasteiger partial charge in [-0.25, -0.2) is 14.4 Å². The molecular formula is C23H21FN8. The second kappa shape index (κ2) is 7.38. The second-order valence-electron chi connectivity index (χ2n) is 8.10. The zero-order chi connectivity index (χ0) is 21.7. The number of benzene rings is 1. The molecule has 160 valence electrons. The van der Waals surface area contributed by atoms with Crippen LogP contribution in [0.4, 0.5) is 10.1 Å². The molecule has 1 aromatic carbocycles. The molecule has 0 amide bonds. The summed E-state index contributed by atoms with van der Waals surface area (Å²) in [6.45, 7) is 3.89. The number of hydrogen-bond donors (Lipinski definition) is 2. The van der Waals surface area contributed by atoms with E-state index < -0.39 is 5.82 Å². The SMILES string of the molecule is CN1CCN(c2ccnc3nc(-c4[nH]nc5c(F)cc(-c6cccnc6)cc45)[nH]c23)CC1. The third-order valence-electron chi connectivity index (χ3n) is 6.06. The van der Waals surface area contributed by atoms with Crippen LogP contribution in [0.1, 0.15) is 0 Å². The zero-order valence-electron chi connectivity index (χ0n) is 17.5. The Morgan fingerprint density at radius 3 is 2.72 bits per heavy atom. The van der Waals surface area contributed by atoms with Gasteiger partial charge in [-0.15, -0.1) is 0 Å². The molecule has 5 aromatic rings. The molecule has 0 aliphatic carbocycles. The van der Waals surface area contributed by atoms with Gasteiger partial charge in [0.25, 0.3) is 0 Å². The maximum absolute atomic E-state index is 14.8. The van der Waals surface area contributed by atoms with E-state index in [9.17, 15) is 4.39 Å². The maximum atomic E-state index is 14.8. The minimum atomic E-state index is -0.392. The van der Waals surface area contributed by atoms with Crippen molar-refractivity contribution in [2.24, 2.45) is 0 Å². The van der Waals surface area contributed by atoms with Crippen molar-refractivity contribution in [2.45, 2.75) is 0 Å². The highest BCUT2D eigenvalue weighted by atomic mass is 19.1. The molecule has 6 rings (SSSR count). The number of likely N-dealkylation sites (N-methyl/N-ethyl adjacent to an activating group) is 1. The van der Waals surface area contributed by atoms with Gasteiger partial charge in [-0.2, -0.15) is 5.10 Å². The van der Waals surface area contributed by atoms with Gasteiger partial charge < -0.3 is 14.8 Å². The van der Waals surface area contributed by atoms with Gasteiger partial charge in [-0.3, -0.25) is 10.1 Å². The zero-order valence-corrected chi connectivity index (χ0v) is 17.5. The normalized spacial score (nSPS) is 15.1. The fourth-order valence-electron chi connectivity index (χ4n) is 4.28. The lowest BCUT2D eigenvalue weighted by molar-refractivity contribution is 0.313. The van der Waals surface area contributed by atoms with Crippen LogP contribution in [0.5, 0.6) is 0 Å². The smallest absolute Gasteiger partial charge is 0.180 e. The van der Waals surface area contributed by atoms with Crippen LogP contribution in [0.15, 0.2) is 48.9 Å². The number of hydrogen-bond acceptors (Lipinski definition) is 6. The Hall–Kier alpha value is -3.85. The average Bonchev–Trinajstić information content (AvgIpc) is 3.44. The third-order valence-corrected chi connectivity index (χ3v) is 6.06. The molecule has 32 heavy (non-hydrogen) atoms. The summed E-state index contributed by atoms with van der Waals surface area (Å²) >= 11 is 0. The van der Waals surface area contributed by atoms with Crippen LogP contribution in [-0.4, -0.2) is 68.3 Å². The summed E-state index contributed by atoms with van der Waals surface area (Å²) in [6.07, 6.45) is 5.20. The molecule has 1 saturated heterocycles. The monoisotopic (exact) mass is 428 g/mol. The Morgan fingerprint density at radius 2 is 1.91 bits per heavy atom. The van der Waals surface area contributed by atoms with E-state index in [0.717, 1.165) is 48.5 Å². The highest BCUT2D eigenvalue weighted by molar-refractivity contribution is 5.97. The van der Waals surface area contributed by atoms with Crippen LogP contribution in [-0.2, 0) is 0 Å². The number of nitrogens with zero attached hydrogens (tertiary/aromatic N) is 6. The van der Waals surface area contributed by atoms with Crippen molar-refractivity contribution in [2.75, 3.05) is 38.1 Å². The first-order valence-electron chi connectivity index (χ1n) is 10.5. The van der Waals surface area contributed by atoms with Gasteiger partial charge in [0.05, 0.1) is 5.69 Å². The van der Waals surface area contributed by atoms with Crippen molar-refractivity contribution >= 4 is 27.8 Å². The Bertz CT molecular complexity index is 1420. The van der Waals surface area contributed by atoms with Crippen molar-refractivity contribution in [3.05, 3.63) is 54.7 Å². The summed E-state index contributed by atoms with van der Waals surface area (Å²) in [7, 11) is 2.13. The standard InChI is InChI=1S/C23H21FN8/c1-31-7-9-32(10-8-31)18-4-6-26-22-21(18)27-23(28-22)20-16-11-15(14-3-2-5-25-13-14)12-17(24)19(16)29-30-20/h2-6,11-13H,7-10H2,1H3,(H,29,30)(H,26,27,28). The van der Waals surface area contributed by atoms with E-state index in [-0.39, 0.29) is 5.52 Å². The van der Waals surface area contributed by atoms with Gasteiger partial charge in [0.2, 0.25) is 0 Å². The van der Waals surface area contributed by atoms with Crippen molar-refractivity contribution in [1.82, 2.24) is 35.0 Å². The van der Waals surface area contributed by atoms with Crippen LogP contribution in [0.2, 0.25) is 0 Å². The lowest BCUT2D eigenvalue weighted by atomic mass is 10.0. The Morgan fingerprint density at radius 1 is 1.03 bits per heavy atom. The predicted octanol–water partition coefficient (Wildman–Crippen LogP) is 3.45. The lowest BCUT2D eigenvalue weighted by Gasteiger charge is -2.34. The topological polar surface area (TPSA) is 89.6 Å². The fourth-order valence-corrected chi connectivity index (χ4v) is 4.28. The predicted molar refractivity (Wildman–Crippen MR) is 122 cm³/mol. The van der Waals surface area contributed by atoms with Crippen LogP contribution < -0.4 is 4.90 Å². The minimum absolute atomic E-state index is 0.278. The number of H-pyrrole nitrogens is 2. The van der Waals surface area contributed by atoms with E-state index in [1.807, 2.05) is 24.3 Å². The van der Waals surface area contributed by atoms with Crippen molar-refractivity contribution in [3.8, 4) is 22.6 Å². The van der Waals surface area contributed by atoms with Crippen LogP contribution >= 0.6 is 0 Å². The largest absolute Gasteiger partial charge is 0.367 e. The number of nitrogens with one attached hydrogen (secondary N) is 2. The summed E-state index contributed by atoms with van der Waals surface area (Å²) in [4.78, 5) is 21.4. The summed E-state index contributed by atoms with van der Waals surface area (Å²) in [5, 5.41) is 7.83. The number of rotatable bonds is 3. The molecule has 2 N–H and O–H groups in total. The molecule has 9 heteroatoms. The third kappa shape index (κ3) is 3.09. The van der Waals surface area contributed by atoms with Gasteiger partial charge in [0.15, 0.2) is 17.3 Å². The lowest BCUT2D eigenvalue weighted by Crippen LogP contribution is -2.44. The molecule has 4 aromatic heterocycles. The molecule has 0 unspecified atom stereocenters. The van der Waals surface area contributed by atoms with E-state index in [1.165, 1.54) is 6.07 Å². The van der Waals surface area contributed by atoms with Crippen molar-refractivity contribution in [3.63, 3.8) is 0 Å². The summed E-state index contributed by atoms with van der Waals surface area (Å²) < 4.78 is 14.8. The Labute approximate surface area is 183 Å². The van der Waals surface area contributed by atoms with E-state index in [1.54, 1.807) is 18.6 Å². The number of piperazine rings is 1. The fraction of sp³-hybridized carbons (Fsp3) is 0.217. The van der Waals surface area contributed by atoms with Crippen molar-refractivity contribution in [1.29, 1.82) is 0 Å². The first kappa shape index (κ1) is 18.9.